The number of ether oxygens (including phenoxy) is 1. The highest BCUT2D eigenvalue weighted by Gasteiger charge is 2.09. The summed E-state index contributed by atoms with van der Waals surface area (Å²) in [6.07, 6.45) is 0. The van der Waals surface area contributed by atoms with Crippen molar-refractivity contribution >= 4 is 0 Å². The van der Waals surface area contributed by atoms with Crippen molar-refractivity contribution in [1.29, 1.82) is 0 Å². The fourth-order valence-electron chi connectivity index (χ4n) is 1.06. The fraction of sp³-hybridized carbons (Fsp3) is 0.455. The molecule has 0 aromatic heterocycles. The van der Waals surface area contributed by atoms with Crippen molar-refractivity contribution in [3.63, 3.8) is 0 Å². The quantitative estimate of drug-likeness (QED) is 0.716. The second kappa shape index (κ2) is 4.44. The van der Waals surface area contributed by atoms with Gasteiger partial charge in [0.2, 0.25) is 0 Å². The van der Waals surface area contributed by atoms with Crippen molar-refractivity contribution in [2.75, 3.05) is 7.11 Å². The summed E-state index contributed by atoms with van der Waals surface area (Å²) in [7, 11) is 1.64. The molecular weight excluding hydrogens is 178 g/mol. The molecule has 0 aliphatic heterocycles. The van der Waals surface area contributed by atoms with Crippen molar-refractivity contribution in [2.24, 2.45) is 0 Å². The van der Waals surface area contributed by atoms with Crippen LogP contribution in [0.3, 0.4) is 0 Å². The number of nitrogens with one attached hydrogen (secondary N) is 1. The third-order valence-electron chi connectivity index (χ3n) is 1.88. The SMILES string of the molecule is COc1ccc(CNC(C)(C)O)cc1. The van der Waals surface area contributed by atoms with Crippen LogP contribution in [0.2, 0.25) is 0 Å². The first-order chi connectivity index (χ1) is 6.51. The van der Waals surface area contributed by atoms with Gasteiger partial charge in [-0.1, -0.05) is 12.1 Å². The van der Waals surface area contributed by atoms with Crippen molar-refractivity contribution < 1.29 is 9.84 Å². The van der Waals surface area contributed by atoms with Gasteiger partial charge in [-0.15, -0.1) is 0 Å². The zero-order valence-electron chi connectivity index (χ0n) is 8.87. The Balaban J connectivity index is 2.52. The standard InChI is InChI=1S/C11H17NO2/c1-11(2,13)12-8-9-4-6-10(14-3)7-5-9/h4-7,12-13H,8H2,1-3H3. The van der Waals surface area contributed by atoms with Gasteiger partial charge in [-0.05, 0) is 31.5 Å². The first-order valence-electron chi connectivity index (χ1n) is 4.61. The predicted molar refractivity (Wildman–Crippen MR) is 56.1 cm³/mol. The summed E-state index contributed by atoms with van der Waals surface area (Å²) in [5.74, 6) is 0.844. The van der Waals surface area contributed by atoms with Gasteiger partial charge in [-0.25, -0.2) is 0 Å². The third kappa shape index (κ3) is 3.77. The van der Waals surface area contributed by atoms with E-state index in [-0.39, 0.29) is 0 Å². The fourth-order valence-corrected chi connectivity index (χ4v) is 1.06. The maximum Gasteiger partial charge on any atom is 0.118 e. The summed E-state index contributed by atoms with van der Waals surface area (Å²) >= 11 is 0. The van der Waals surface area contributed by atoms with Crippen LogP contribution in [0.4, 0.5) is 0 Å². The zero-order chi connectivity index (χ0) is 10.6. The first kappa shape index (κ1) is 11.0. The summed E-state index contributed by atoms with van der Waals surface area (Å²) in [5.41, 5.74) is 0.285. The van der Waals surface area contributed by atoms with E-state index in [0.29, 0.717) is 6.54 Å². The molecule has 1 rings (SSSR count). The Labute approximate surface area is 84.7 Å². The van der Waals surface area contributed by atoms with Crippen LogP contribution < -0.4 is 10.1 Å². The Hall–Kier alpha value is -1.06. The Kier molecular flexibility index (Phi) is 3.49. The summed E-state index contributed by atoms with van der Waals surface area (Å²) in [5, 5.41) is 12.4. The van der Waals surface area contributed by atoms with Gasteiger partial charge in [0.1, 0.15) is 11.5 Å². The topological polar surface area (TPSA) is 41.5 Å². The first-order valence-corrected chi connectivity index (χ1v) is 4.61. The highest BCUT2D eigenvalue weighted by Crippen LogP contribution is 2.11. The van der Waals surface area contributed by atoms with Gasteiger partial charge in [0, 0.05) is 6.54 Å². The molecule has 14 heavy (non-hydrogen) atoms. The number of hydrogen-bond donors (Lipinski definition) is 2. The summed E-state index contributed by atoms with van der Waals surface area (Å²) in [6, 6.07) is 7.75. The zero-order valence-corrected chi connectivity index (χ0v) is 8.87. The van der Waals surface area contributed by atoms with Gasteiger partial charge in [0.05, 0.1) is 7.11 Å². The average molecular weight is 195 g/mol. The van der Waals surface area contributed by atoms with Crippen molar-refractivity contribution in [3.8, 4) is 5.75 Å². The minimum absolute atomic E-state index is 0.646. The van der Waals surface area contributed by atoms with E-state index in [1.807, 2.05) is 24.3 Å². The lowest BCUT2D eigenvalue weighted by molar-refractivity contribution is 0.0416. The van der Waals surface area contributed by atoms with Crippen LogP contribution in [0.5, 0.6) is 5.75 Å². The molecule has 0 aliphatic rings. The third-order valence-corrected chi connectivity index (χ3v) is 1.88. The monoisotopic (exact) mass is 195 g/mol. The molecule has 1 aromatic carbocycles. The minimum atomic E-state index is -0.833. The van der Waals surface area contributed by atoms with Crippen LogP contribution in [-0.2, 0) is 6.54 Å². The lowest BCUT2D eigenvalue weighted by atomic mass is 10.2. The molecule has 0 heterocycles. The average Bonchev–Trinajstić information content (AvgIpc) is 2.14. The van der Waals surface area contributed by atoms with Crippen LogP contribution in [0.25, 0.3) is 0 Å². The Morgan fingerprint density at radius 2 is 1.86 bits per heavy atom. The Bertz CT molecular complexity index is 274. The summed E-state index contributed by atoms with van der Waals surface area (Å²) in [6.45, 7) is 4.08. The molecule has 0 amide bonds. The maximum absolute atomic E-state index is 9.44. The van der Waals surface area contributed by atoms with Gasteiger partial charge in [-0.3, -0.25) is 5.32 Å². The normalized spacial score (nSPS) is 11.4. The number of benzene rings is 1. The highest BCUT2D eigenvalue weighted by molar-refractivity contribution is 5.27. The van der Waals surface area contributed by atoms with Gasteiger partial charge in [-0.2, -0.15) is 0 Å². The highest BCUT2D eigenvalue weighted by atomic mass is 16.5. The van der Waals surface area contributed by atoms with E-state index in [1.165, 1.54) is 0 Å². The molecule has 0 saturated carbocycles. The van der Waals surface area contributed by atoms with Crippen molar-refractivity contribution in [2.45, 2.75) is 26.1 Å². The Morgan fingerprint density at radius 3 is 2.29 bits per heavy atom. The molecule has 0 fully saturated rings. The summed E-state index contributed by atoms with van der Waals surface area (Å²) < 4.78 is 5.04. The van der Waals surface area contributed by atoms with Crippen molar-refractivity contribution in [3.05, 3.63) is 29.8 Å². The molecule has 78 valence electrons. The predicted octanol–water partition coefficient (Wildman–Crippen LogP) is 1.51. The van der Waals surface area contributed by atoms with E-state index in [2.05, 4.69) is 5.32 Å². The molecule has 2 N–H and O–H groups in total. The molecule has 0 atom stereocenters. The van der Waals surface area contributed by atoms with Gasteiger partial charge in [0.15, 0.2) is 0 Å². The molecule has 1 aromatic rings. The molecule has 0 aliphatic carbocycles. The van der Waals surface area contributed by atoms with Crippen LogP contribution in [0, 0.1) is 0 Å². The van der Waals surface area contributed by atoms with Crippen LogP contribution in [0.1, 0.15) is 19.4 Å². The lowest BCUT2D eigenvalue weighted by Gasteiger charge is -2.19. The second-order valence-electron chi connectivity index (χ2n) is 3.76. The minimum Gasteiger partial charge on any atom is -0.497 e. The molecule has 0 saturated heterocycles. The van der Waals surface area contributed by atoms with E-state index in [1.54, 1.807) is 21.0 Å². The Morgan fingerprint density at radius 1 is 1.29 bits per heavy atom. The van der Waals surface area contributed by atoms with E-state index in [9.17, 15) is 5.11 Å². The number of methoxy groups -OCH3 is 1. The molecule has 0 bridgehead atoms. The molecule has 0 radical (unpaired) electrons. The van der Waals surface area contributed by atoms with E-state index in [0.717, 1.165) is 11.3 Å². The molecule has 3 heteroatoms. The molecule has 0 unspecified atom stereocenters. The van der Waals surface area contributed by atoms with Crippen LogP contribution in [-0.4, -0.2) is 17.9 Å². The molecular formula is C11H17NO2. The van der Waals surface area contributed by atoms with E-state index < -0.39 is 5.72 Å². The lowest BCUT2D eigenvalue weighted by Crippen LogP contribution is -2.38. The second-order valence-corrected chi connectivity index (χ2v) is 3.76. The molecule has 3 nitrogen and oxygen atoms in total. The smallest absolute Gasteiger partial charge is 0.118 e. The number of hydrogen-bond acceptors (Lipinski definition) is 3. The number of aliphatic hydroxyl groups is 1. The van der Waals surface area contributed by atoms with Gasteiger partial charge in [0.25, 0.3) is 0 Å². The number of rotatable bonds is 4. The summed E-state index contributed by atoms with van der Waals surface area (Å²) in [4.78, 5) is 0. The van der Waals surface area contributed by atoms with Crippen molar-refractivity contribution in [1.82, 2.24) is 5.32 Å². The van der Waals surface area contributed by atoms with E-state index >= 15 is 0 Å². The molecule has 0 spiro atoms. The maximum atomic E-state index is 9.44. The van der Waals surface area contributed by atoms with Gasteiger partial charge >= 0.3 is 0 Å². The van der Waals surface area contributed by atoms with Crippen LogP contribution >= 0.6 is 0 Å². The van der Waals surface area contributed by atoms with Crippen LogP contribution in [0.15, 0.2) is 24.3 Å². The largest absolute Gasteiger partial charge is 0.497 e. The van der Waals surface area contributed by atoms with Gasteiger partial charge < -0.3 is 9.84 Å². The van der Waals surface area contributed by atoms with E-state index in [4.69, 9.17) is 4.74 Å².